The van der Waals surface area contributed by atoms with Gasteiger partial charge in [0.05, 0.1) is 18.8 Å². The molecule has 8 heteroatoms. The lowest BCUT2D eigenvalue weighted by atomic mass is 9.99. The van der Waals surface area contributed by atoms with E-state index in [4.69, 9.17) is 4.74 Å². The third-order valence-electron chi connectivity index (χ3n) is 7.14. The highest BCUT2D eigenvalue weighted by molar-refractivity contribution is 5.79. The van der Waals surface area contributed by atoms with Crippen LogP contribution in [-0.4, -0.2) is 48.8 Å². The van der Waals surface area contributed by atoms with Gasteiger partial charge in [-0.2, -0.15) is 0 Å². The first-order valence-electron chi connectivity index (χ1n) is 14.3. The Bertz CT molecular complexity index is 1060. The maximum absolute atomic E-state index is 14.6. The minimum absolute atomic E-state index is 0.0788. The van der Waals surface area contributed by atoms with E-state index in [-0.39, 0.29) is 43.5 Å². The highest BCUT2D eigenvalue weighted by Gasteiger charge is 2.23. The Morgan fingerprint density at radius 3 is 2.69 bits per heavy atom. The fourth-order valence-corrected chi connectivity index (χ4v) is 4.95. The lowest BCUT2D eigenvalue weighted by Gasteiger charge is -2.25. The Labute approximate surface area is 231 Å². The molecular weight excluding hydrogens is 497 g/mol. The zero-order valence-corrected chi connectivity index (χ0v) is 23.3. The van der Waals surface area contributed by atoms with Crippen LogP contribution in [0.25, 0.3) is 0 Å². The van der Waals surface area contributed by atoms with Crippen molar-refractivity contribution >= 4 is 11.8 Å². The number of ether oxygens (including phenoxy) is 1. The summed E-state index contributed by atoms with van der Waals surface area (Å²) in [7, 11) is 0. The summed E-state index contributed by atoms with van der Waals surface area (Å²) in [4.78, 5) is 25.0. The van der Waals surface area contributed by atoms with Crippen LogP contribution < -0.4 is 20.7 Å². The van der Waals surface area contributed by atoms with E-state index in [2.05, 4.69) is 41.9 Å². The fraction of sp³-hybridized carbons (Fsp3) is 0.548. The van der Waals surface area contributed by atoms with E-state index in [1.165, 1.54) is 17.7 Å². The molecule has 7 nitrogen and oxygen atoms in total. The SMILES string of the molecule is CCCC1CCNC(=O)CCCC(=O)NC(C(O)CNCc2cccc(CC)c2)Cc2cc(F)cc(c2)OC1. The normalized spacial score (nSPS) is 20.3. The van der Waals surface area contributed by atoms with Crippen molar-refractivity contribution in [2.45, 2.75) is 83.9 Å². The number of carbonyl (C=O) groups is 2. The second-order valence-electron chi connectivity index (χ2n) is 10.5. The number of carbonyl (C=O) groups excluding carboxylic acids is 2. The predicted octanol–water partition coefficient (Wildman–Crippen LogP) is 4.05. The van der Waals surface area contributed by atoms with E-state index < -0.39 is 18.0 Å². The predicted molar refractivity (Wildman–Crippen MR) is 151 cm³/mol. The fourth-order valence-electron chi connectivity index (χ4n) is 4.95. The lowest BCUT2D eigenvalue weighted by molar-refractivity contribution is -0.123. The molecule has 3 rings (SSSR count). The van der Waals surface area contributed by atoms with Crippen molar-refractivity contribution in [3.63, 3.8) is 0 Å². The number of benzene rings is 2. The van der Waals surface area contributed by atoms with Crippen LogP contribution in [0.4, 0.5) is 4.39 Å². The second kappa shape index (κ2) is 16.2. The third kappa shape index (κ3) is 11.0. The molecule has 1 heterocycles. The van der Waals surface area contributed by atoms with E-state index in [1.54, 1.807) is 6.07 Å². The van der Waals surface area contributed by atoms with Gasteiger partial charge in [0.25, 0.3) is 0 Å². The number of aliphatic hydroxyl groups excluding tert-OH is 1. The van der Waals surface area contributed by atoms with Crippen molar-refractivity contribution in [2.75, 3.05) is 19.7 Å². The Kier molecular flexibility index (Phi) is 12.7. The van der Waals surface area contributed by atoms with Crippen LogP contribution in [0.2, 0.25) is 0 Å². The Hall–Kier alpha value is -2.97. The molecule has 0 radical (unpaired) electrons. The maximum atomic E-state index is 14.6. The zero-order valence-electron chi connectivity index (χ0n) is 23.3. The van der Waals surface area contributed by atoms with Crippen molar-refractivity contribution in [3.05, 3.63) is 65.0 Å². The van der Waals surface area contributed by atoms with Crippen molar-refractivity contribution < 1.29 is 23.8 Å². The van der Waals surface area contributed by atoms with Crippen molar-refractivity contribution in [1.82, 2.24) is 16.0 Å². The molecule has 2 aromatic rings. The number of hydrogen-bond acceptors (Lipinski definition) is 5. The van der Waals surface area contributed by atoms with Crippen LogP contribution in [0.15, 0.2) is 42.5 Å². The van der Waals surface area contributed by atoms with Gasteiger partial charge in [-0.05, 0) is 66.8 Å². The lowest BCUT2D eigenvalue weighted by Crippen LogP contribution is -2.48. The number of aliphatic hydroxyl groups is 1. The summed E-state index contributed by atoms with van der Waals surface area (Å²) in [6.07, 6.45) is 3.84. The monoisotopic (exact) mass is 541 g/mol. The first-order valence-corrected chi connectivity index (χ1v) is 14.3. The summed E-state index contributed by atoms with van der Waals surface area (Å²) in [6.45, 7) is 6.01. The molecule has 4 N–H and O–H groups in total. The minimum Gasteiger partial charge on any atom is -0.493 e. The van der Waals surface area contributed by atoms with Crippen LogP contribution in [0.3, 0.4) is 0 Å². The molecule has 2 aromatic carbocycles. The summed E-state index contributed by atoms with van der Waals surface area (Å²) in [5, 5.41) is 20.2. The molecule has 0 saturated carbocycles. The molecule has 2 bridgehead atoms. The van der Waals surface area contributed by atoms with Gasteiger partial charge in [0.2, 0.25) is 11.8 Å². The molecule has 39 heavy (non-hydrogen) atoms. The molecule has 1 aliphatic rings. The highest BCUT2D eigenvalue weighted by atomic mass is 19.1. The molecular formula is C31H44FN3O4. The van der Waals surface area contributed by atoms with Crippen LogP contribution in [0.5, 0.6) is 5.75 Å². The number of amides is 2. The Balaban J connectivity index is 1.73. The van der Waals surface area contributed by atoms with E-state index in [0.29, 0.717) is 37.4 Å². The number of halogens is 1. The first-order chi connectivity index (χ1) is 18.9. The highest BCUT2D eigenvalue weighted by Crippen LogP contribution is 2.21. The van der Waals surface area contributed by atoms with E-state index in [9.17, 15) is 19.1 Å². The molecule has 0 aromatic heterocycles. The Morgan fingerprint density at radius 2 is 1.90 bits per heavy atom. The molecule has 0 saturated heterocycles. The quantitative estimate of drug-likeness (QED) is 0.404. The van der Waals surface area contributed by atoms with Crippen LogP contribution in [0, 0.1) is 11.7 Å². The second-order valence-corrected chi connectivity index (χ2v) is 10.5. The van der Waals surface area contributed by atoms with Gasteiger partial charge in [-0.15, -0.1) is 0 Å². The molecule has 2 amide bonds. The van der Waals surface area contributed by atoms with Gasteiger partial charge >= 0.3 is 0 Å². The van der Waals surface area contributed by atoms with Gasteiger partial charge in [-0.3, -0.25) is 9.59 Å². The number of aryl methyl sites for hydroxylation is 1. The minimum atomic E-state index is -0.907. The molecule has 0 spiro atoms. The summed E-state index contributed by atoms with van der Waals surface area (Å²) in [5.41, 5.74) is 3.00. The van der Waals surface area contributed by atoms with Crippen LogP contribution in [-0.2, 0) is 29.0 Å². The average Bonchev–Trinajstić information content (AvgIpc) is 2.90. The summed E-state index contributed by atoms with van der Waals surface area (Å²) in [6, 6.07) is 12.2. The molecule has 0 fully saturated rings. The average molecular weight is 542 g/mol. The van der Waals surface area contributed by atoms with E-state index in [0.717, 1.165) is 31.2 Å². The van der Waals surface area contributed by atoms with Gasteiger partial charge in [0.1, 0.15) is 11.6 Å². The van der Waals surface area contributed by atoms with Crippen LogP contribution >= 0.6 is 0 Å². The van der Waals surface area contributed by atoms with Crippen LogP contribution in [0.1, 0.15) is 69.1 Å². The smallest absolute Gasteiger partial charge is 0.220 e. The van der Waals surface area contributed by atoms with Gasteiger partial charge in [0.15, 0.2) is 0 Å². The van der Waals surface area contributed by atoms with Crippen molar-refractivity contribution in [3.8, 4) is 5.75 Å². The van der Waals surface area contributed by atoms with E-state index >= 15 is 0 Å². The zero-order chi connectivity index (χ0) is 28.0. The van der Waals surface area contributed by atoms with Gasteiger partial charge in [-0.1, -0.05) is 44.5 Å². The van der Waals surface area contributed by atoms with Crippen molar-refractivity contribution in [2.24, 2.45) is 5.92 Å². The number of nitrogens with one attached hydrogen (secondary N) is 3. The van der Waals surface area contributed by atoms with Gasteiger partial charge in [0, 0.05) is 38.5 Å². The van der Waals surface area contributed by atoms with Crippen molar-refractivity contribution in [1.29, 1.82) is 0 Å². The summed E-state index contributed by atoms with van der Waals surface area (Å²) in [5.74, 6) is -0.0894. The molecule has 3 unspecified atom stereocenters. The summed E-state index contributed by atoms with van der Waals surface area (Å²) >= 11 is 0. The summed E-state index contributed by atoms with van der Waals surface area (Å²) < 4.78 is 20.5. The number of hydrogen-bond donors (Lipinski definition) is 4. The number of rotatable bonds is 8. The van der Waals surface area contributed by atoms with Gasteiger partial charge in [-0.25, -0.2) is 4.39 Å². The molecule has 3 atom stereocenters. The third-order valence-corrected chi connectivity index (χ3v) is 7.14. The first kappa shape index (κ1) is 30.6. The topological polar surface area (TPSA) is 99.7 Å². The molecule has 0 aliphatic carbocycles. The largest absolute Gasteiger partial charge is 0.493 e. The van der Waals surface area contributed by atoms with E-state index in [1.807, 2.05) is 12.1 Å². The standard InChI is InChI=1S/C31H44FN3O4/c1-3-7-23-12-13-34-30(37)10-6-11-31(38)35-28(17-25-15-26(32)18-27(16-25)39-21-23)29(36)20-33-19-24-9-5-8-22(4-2)14-24/h5,8-9,14-16,18,23,28-29,33,36H,3-4,6-7,10-13,17,19-21H2,1-2H3,(H,34,37)(H,35,38). The maximum Gasteiger partial charge on any atom is 0.220 e. The molecule has 1 aliphatic heterocycles. The Morgan fingerprint density at radius 1 is 1.10 bits per heavy atom. The number of fused-ring (bicyclic) bond motifs is 2. The van der Waals surface area contributed by atoms with Gasteiger partial charge < -0.3 is 25.8 Å². The molecule has 214 valence electrons.